The molecule has 0 aliphatic rings. The number of aryl methyl sites for hydroxylation is 1. The molecule has 0 unspecified atom stereocenters. The van der Waals surface area contributed by atoms with Crippen LogP contribution in [-0.2, 0) is 30.2 Å². The molecule has 0 radical (unpaired) electrons. The second-order valence-electron chi connectivity index (χ2n) is 8.27. The summed E-state index contributed by atoms with van der Waals surface area (Å²) in [4.78, 5) is 35.5. The Bertz CT molecular complexity index is 1210. The van der Waals surface area contributed by atoms with Crippen LogP contribution >= 0.6 is 0 Å². The minimum Gasteiger partial charge on any atom is -0.460 e. The summed E-state index contributed by atoms with van der Waals surface area (Å²) in [7, 11) is 0. The number of benzene rings is 3. The summed E-state index contributed by atoms with van der Waals surface area (Å²) in [5, 5.41) is 0. The van der Waals surface area contributed by atoms with Crippen molar-refractivity contribution >= 4 is 17.9 Å². The molecule has 8 nitrogen and oxygen atoms in total. The van der Waals surface area contributed by atoms with Gasteiger partial charge in [-0.15, -0.1) is 0 Å². The molecule has 0 amide bonds. The maximum Gasteiger partial charge on any atom is 0.343 e. The van der Waals surface area contributed by atoms with Gasteiger partial charge in [0.2, 0.25) is 0 Å². The number of hydrogen-bond acceptors (Lipinski definition) is 8. The third kappa shape index (κ3) is 9.85. The van der Waals surface area contributed by atoms with Gasteiger partial charge in [-0.05, 0) is 59.5 Å². The lowest BCUT2D eigenvalue weighted by atomic mass is 10.0. The van der Waals surface area contributed by atoms with E-state index in [0.717, 1.165) is 29.2 Å². The zero-order valence-corrected chi connectivity index (χ0v) is 21.9. The summed E-state index contributed by atoms with van der Waals surface area (Å²) in [5.41, 5.74) is 3.90. The average Bonchev–Trinajstić information content (AvgIpc) is 2.98. The average molecular weight is 533 g/mol. The van der Waals surface area contributed by atoms with E-state index >= 15 is 0 Å². The Kier molecular flexibility index (Phi) is 11.9. The van der Waals surface area contributed by atoms with Crippen molar-refractivity contribution in [2.45, 2.75) is 13.3 Å². The van der Waals surface area contributed by atoms with Gasteiger partial charge in [-0.2, -0.15) is 0 Å². The first-order valence-corrected chi connectivity index (χ1v) is 12.6. The summed E-state index contributed by atoms with van der Waals surface area (Å²) in [6.45, 7) is 6.78. The highest BCUT2D eigenvalue weighted by Gasteiger charge is 2.10. The molecule has 0 aliphatic carbocycles. The molecule has 3 aromatic carbocycles. The Morgan fingerprint density at radius 1 is 0.641 bits per heavy atom. The third-order valence-corrected chi connectivity index (χ3v) is 5.59. The molecule has 0 heterocycles. The van der Waals surface area contributed by atoms with E-state index in [1.165, 1.54) is 0 Å². The molecule has 8 heteroatoms. The highest BCUT2D eigenvalue weighted by molar-refractivity contribution is 5.91. The highest BCUT2D eigenvalue weighted by atomic mass is 16.6. The van der Waals surface area contributed by atoms with Crippen LogP contribution in [0.15, 0.2) is 85.5 Å². The Labute approximate surface area is 228 Å². The summed E-state index contributed by atoms with van der Waals surface area (Å²) in [6, 6.07) is 21.6. The van der Waals surface area contributed by atoms with E-state index in [9.17, 15) is 14.4 Å². The molecule has 0 saturated carbocycles. The van der Waals surface area contributed by atoms with Crippen LogP contribution in [0.1, 0.15) is 33.2 Å². The van der Waals surface area contributed by atoms with Crippen LogP contribution in [0.25, 0.3) is 11.1 Å². The van der Waals surface area contributed by atoms with Crippen LogP contribution < -0.4 is 4.74 Å². The Balaban J connectivity index is 1.36. The minimum atomic E-state index is -0.491. The van der Waals surface area contributed by atoms with Crippen LogP contribution in [-0.4, -0.2) is 57.5 Å². The standard InChI is InChI=1S/C31H32O8/c1-3-23-5-7-27(8-6-23)31(34)39-28-15-13-25(14-16-28)24-9-11-26(12-10-24)30(33)38-22-20-36-18-17-35-19-21-37-29(32)4-2/h4-16H,2-3,17-22H2,1H3. The molecule has 0 aliphatic heterocycles. The van der Waals surface area contributed by atoms with Crippen molar-refractivity contribution in [1.29, 1.82) is 0 Å². The summed E-state index contributed by atoms with van der Waals surface area (Å²) < 4.78 is 26.1. The zero-order chi connectivity index (χ0) is 27.9. The van der Waals surface area contributed by atoms with Crippen LogP contribution in [0, 0.1) is 0 Å². The van der Waals surface area contributed by atoms with Crippen LogP contribution in [0.4, 0.5) is 0 Å². The SMILES string of the molecule is C=CC(=O)OCCOCCOCCOC(=O)c1ccc(-c2ccc(OC(=O)c3ccc(CC)cc3)cc2)cc1. The largest absolute Gasteiger partial charge is 0.460 e. The van der Waals surface area contributed by atoms with Gasteiger partial charge in [-0.1, -0.05) is 49.9 Å². The number of esters is 3. The first-order chi connectivity index (χ1) is 19.0. The molecule has 3 rings (SSSR count). The molecular weight excluding hydrogens is 500 g/mol. The summed E-state index contributed by atoms with van der Waals surface area (Å²) in [5.74, 6) is -0.893. The van der Waals surface area contributed by atoms with E-state index in [1.807, 2.05) is 36.4 Å². The van der Waals surface area contributed by atoms with Crippen molar-refractivity contribution in [3.63, 3.8) is 0 Å². The quantitative estimate of drug-likeness (QED) is 0.116. The van der Waals surface area contributed by atoms with Crippen molar-refractivity contribution in [2.24, 2.45) is 0 Å². The molecule has 3 aromatic rings. The molecule has 0 saturated heterocycles. The maximum absolute atomic E-state index is 12.4. The van der Waals surface area contributed by atoms with Crippen molar-refractivity contribution in [3.8, 4) is 16.9 Å². The van der Waals surface area contributed by atoms with Gasteiger partial charge in [0.25, 0.3) is 0 Å². The molecule has 204 valence electrons. The van der Waals surface area contributed by atoms with Gasteiger partial charge >= 0.3 is 17.9 Å². The van der Waals surface area contributed by atoms with Crippen molar-refractivity contribution in [2.75, 3.05) is 39.6 Å². The van der Waals surface area contributed by atoms with Crippen molar-refractivity contribution in [3.05, 3.63) is 102 Å². The van der Waals surface area contributed by atoms with E-state index in [0.29, 0.717) is 30.1 Å². The van der Waals surface area contributed by atoms with Gasteiger partial charge in [-0.3, -0.25) is 0 Å². The molecule has 0 bridgehead atoms. The first-order valence-electron chi connectivity index (χ1n) is 12.6. The number of ether oxygens (including phenoxy) is 5. The Hall–Kier alpha value is -4.27. The van der Waals surface area contributed by atoms with Gasteiger partial charge in [0.15, 0.2) is 0 Å². The van der Waals surface area contributed by atoms with E-state index in [-0.39, 0.29) is 26.4 Å². The second-order valence-corrected chi connectivity index (χ2v) is 8.27. The predicted molar refractivity (Wildman–Crippen MR) is 146 cm³/mol. The molecule has 0 N–H and O–H groups in total. The third-order valence-electron chi connectivity index (χ3n) is 5.59. The van der Waals surface area contributed by atoms with Crippen molar-refractivity contribution < 1.29 is 38.1 Å². The van der Waals surface area contributed by atoms with E-state index in [2.05, 4.69) is 13.5 Å². The topological polar surface area (TPSA) is 97.4 Å². The van der Waals surface area contributed by atoms with Gasteiger partial charge in [-0.25, -0.2) is 14.4 Å². The summed E-state index contributed by atoms with van der Waals surface area (Å²) >= 11 is 0. The highest BCUT2D eigenvalue weighted by Crippen LogP contribution is 2.23. The number of carbonyl (C=O) groups excluding carboxylic acids is 3. The Morgan fingerprint density at radius 3 is 1.69 bits per heavy atom. The van der Waals surface area contributed by atoms with Crippen molar-refractivity contribution in [1.82, 2.24) is 0 Å². The minimum absolute atomic E-state index is 0.112. The summed E-state index contributed by atoms with van der Waals surface area (Å²) in [6.07, 6.45) is 2.00. The smallest absolute Gasteiger partial charge is 0.343 e. The lowest BCUT2D eigenvalue weighted by Gasteiger charge is -2.08. The fraction of sp³-hybridized carbons (Fsp3) is 0.258. The second kappa shape index (κ2) is 15.9. The lowest BCUT2D eigenvalue weighted by Crippen LogP contribution is -2.14. The van der Waals surface area contributed by atoms with E-state index < -0.39 is 17.9 Å². The molecule has 0 aromatic heterocycles. The first kappa shape index (κ1) is 29.3. The van der Waals surface area contributed by atoms with Crippen LogP contribution in [0.5, 0.6) is 5.75 Å². The fourth-order valence-electron chi connectivity index (χ4n) is 3.42. The van der Waals surface area contributed by atoms with Gasteiger partial charge in [0.1, 0.15) is 19.0 Å². The predicted octanol–water partition coefficient (Wildman–Crippen LogP) is 5.05. The molecule has 0 atom stereocenters. The van der Waals surface area contributed by atoms with Crippen LogP contribution in [0.2, 0.25) is 0 Å². The van der Waals surface area contributed by atoms with Gasteiger partial charge < -0.3 is 23.7 Å². The normalized spacial score (nSPS) is 10.5. The molecule has 0 fully saturated rings. The maximum atomic E-state index is 12.4. The van der Waals surface area contributed by atoms with Crippen LogP contribution in [0.3, 0.4) is 0 Å². The van der Waals surface area contributed by atoms with Gasteiger partial charge in [0.05, 0.1) is 37.6 Å². The fourth-order valence-corrected chi connectivity index (χ4v) is 3.42. The van der Waals surface area contributed by atoms with E-state index in [4.69, 9.17) is 23.7 Å². The van der Waals surface area contributed by atoms with Gasteiger partial charge in [0, 0.05) is 6.08 Å². The molecular formula is C31H32O8. The molecule has 39 heavy (non-hydrogen) atoms. The lowest BCUT2D eigenvalue weighted by molar-refractivity contribution is -0.139. The van der Waals surface area contributed by atoms with E-state index in [1.54, 1.807) is 36.4 Å². The number of hydrogen-bond donors (Lipinski definition) is 0. The zero-order valence-electron chi connectivity index (χ0n) is 21.9. The number of rotatable bonds is 15. The monoisotopic (exact) mass is 532 g/mol. The molecule has 0 spiro atoms. The number of carbonyl (C=O) groups is 3. The Morgan fingerprint density at radius 2 is 1.13 bits per heavy atom.